The molecule has 0 atom stereocenters. The van der Waals surface area contributed by atoms with E-state index in [1.54, 1.807) is 36.4 Å². The van der Waals surface area contributed by atoms with Gasteiger partial charge in [-0.25, -0.2) is 4.39 Å². The predicted octanol–water partition coefficient (Wildman–Crippen LogP) is 6.96. The Bertz CT molecular complexity index is 1160. The van der Waals surface area contributed by atoms with Gasteiger partial charge in [0.15, 0.2) is 0 Å². The van der Waals surface area contributed by atoms with Crippen molar-refractivity contribution in [3.05, 3.63) is 120 Å². The summed E-state index contributed by atoms with van der Waals surface area (Å²) < 4.78 is 13.2. The quantitative estimate of drug-likeness (QED) is 0.311. The molecule has 31 heavy (non-hydrogen) atoms. The third-order valence-electron chi connectivity index (χ3n) is 5.12. The molecule has 0 aliphatic carbocycles. The van der Waals surface area contributed by atoms with E-state index >= 15 is 0 Å². The van der Waals surface area contributed by atoms with Gasteiger partial charge in [-0.15, -0.1) is 0 Å². The third-order valence-corrected chi connectivity index (χ3v) is 5.12. The van der Waals surface area contributed by atoms with Crippen LogP contribution in [0.1, 0.15) is 23.6 Å². The SMILES string of the molecule is CC(=C(c1ccc(O)cc1)c1ccc(O)cc1)c1cccc(Nc2ccc(F)cc2)c1. The number of phenols is 2. The minimum atomic E-state index is -0.273. The second-order valence-corrected chi connectivity index (χ2v) is 7.31. The lowest BCUT2D eigenvalue weighted by atomic mass is 9.90. The van der Waals surface area contributed by atoms with Gasteiger partial charge in [-0.2, -0.15) is 0 Å². The van der Waals surface area contributed by atoms with Crippen molar-refractivity contribution in [2.45, 2.75) is 6.92 Å². The highest BCUT2D eigenvalue weighted by Crippen LogP contribution is 2.34. The average molecular weight is 411 g/mol. The highest BCUT2D eigenvalue weighted by Gasteiger charge is 2.12. The lowest BCUT2D eigenvalue weighted by Crippen LogP contribution is -1.95. The van der Waals surface area contributed by atoms with E-state index in [4.69, 9.17) is 0 Å². The van der Waals surface area contributed by atoms with Gasteiger partial charge >= 0.3 is 0 Å². The number of allylic oxidation sites excluding steroid dienone is 1. The first-order valence-corrected chi connectivity index (χ1v) is 9.92. The van der Waals surface area contributed by atoms with Crippen LogP contribution >= 0.6 is 0 Å². The summed E-state index contributed by atoms with van der Waals surface area (Å²) >= 11 is 0. The van der Waals surface area contributed by atoms with Crippen LogP contribution in [0.5, 0.6) is 11.5 Å². The molecule has 0 aromatic heterocycles. The molecule has 0 aliphatic rings. The maximum absolute atomic E-state index is 13.2. The molecule has 3 N–H and O–H groups in total. The van der Waals surface area contributed by atoms with Gasteiger partial charge in [-0.3, -0.25) is 0 Å². The van der Waals surface area contributed by atoms with E-state index < -0.39 is 0 Å². The molecule has 4 aromatic carbocycles. The van der Waals surface area contributed by atoms with Crippen LogP contribution < -0.4 is 5.32 Å². The molecular weight excluding hydrogens is 389 g/mol. The maximum atomic E-state index is 13.2. The van der Waals surface area contributed by atoms with Crippen LogP contribution in [0.3, 0.4) is 0 Å². The Morgan fingerprint density at radius 1 is 0.645 bits per heavy atom. The maximum Gasteiger partial charge on any atom is 0.123 e. The molecule has 4 rings (SSSR count). The van der Waals surface area contributed by atoms with E-state index in [-0.39, 0.29) is 17.3 Å². The van der Waals surface area contributed by atoms with Crippen LogP contribution in [-0.4, -0.2) is 10.2 Å². The molecule has 154 valence electrons. The van der Waals surface area contributed by atoms with E-state index in [1.165, 1.54) is 12.1 Å². The monoisotopic (exact) mass is 411 g/mol. The molecule has 0 spiro atoms. The number of nitrogens with one attached hydrogen (secondary N) is 1. The number of phenolic OH excluding ortho intramolecular Hbond substituents is 2. The van der Waals surface area contributed by atoms with Gasteiger partial charge in [-0.1, -0.05) is 36.4 Å². The summed E-state index contributed by atoms with van der Waals surface area (Å²) in [5.41, 5.74) is 6.66. The molecule has 3 nitrogen and oxygen atoms in total. The summed E-state index contributed by atoms with van der Waals surface area (Å²) in [4.78, 5) is 0. The van der Waals surface area contributed by atoms with Gasteiger partial charge in [0.05, 0.1) is 0 Å². The van der Waals surface area contributed by atoms with Crippen LogP contribution in [0.25, 0.3) is 11.1 Å². The second-order valence-electron chi connectivity index (χ2n) is 7.31. The Kier molecular flexibility index (Phi) is 5.72. The number of rotatable bonds is 5. The zero-order valence-corrected chi connectivity index (χ0v) is 17.0. The largest absolute Gasteiger partial charge is 0.508 e. The number of hydrogen-bond acceptors (Lipinski definition) is 3. The molecule has 4 heteroatoms. The van der Waals surface area contributed by atoms with E-state index in [1.807, 2.05) is 55.5 Å². The Hall–Kier alpha value is -4.05. The van der Waals surface area contributed by atoms with E-state index in [2.05, 4.69) is 5.32 Å². The number of hydrogen-bond donors (Lipinski definition) is 3. The number of halogens is 1. The minimum Gasteiger partial charge on any atom is -0.508 e. The fourth-order valence-electron chi connectivity index (χ4n) is 3.53. The van der Waals surface area contributed by atoms with Crippen LogP contribution in [0.15, 0.2) is 97.1 Å². The first-order chi connectivity index (χ1) is 15.0. The Morgan fingerprint density at radius 3 is 1.74 bits per heavy atom. The Labute approximate surface area is 180 Å². The number of anilines is 2. The summed E-state index contributed by atoms with van der Waals surface area (Å²) in [7, 11) is 0. The minimum absolute atomic E-state index is 0.206. The lowest BCUT2D eigenvalue weighted by molar-refractivity contribution is 0.475. The first kappa shape index (κ1) is 20.2. The summed E-state index contributed by atoms with van der Waals surface area (Å²) in [6.45, 7) is 2.05. The molecule has 0 radical (unpaired) electrons. The molecule has 0 amide bonds. The van der Waals surface area contributed by atoms with Gasteiger partial charge < -0.3 is 15.5 Å². The second kappa shape index (κ2) is 8.76. The summed E-state index contributed by atoms with van der Waals surface area (Å²) in [6.07, 6.45) is 0. The van der Waals surface area contributed by atoms with E-state index in [0.29, 0.717) is 0 Å². The van der Waals surface area contributed by atoms with Gasteiger partial charge in [-0.05, 0) is 95.4 Å². The Morgan fingerprint density at radius 2 is 1.19 bits per heavy atom. The average Bonchev–Trinajstić information content (AvgIpc) is 2.78. The predicted molar refractivity (Wildman–Crippen MR) is 124 cm³/mol. The van der Waals surface area contributed by atoms with Crippen molar-refractivity contribution >= 4 is 22.5 Å². The van der Waals surface area contributed by atoms with Crippen LogP contribution in [0.4, 0.5) is 15.8 Å². The van der Waals surface area contributed by atoms with Crippen LogP contribution in [0, 0.1) is 5.82 Å². The normalized spacial score (nSPS) is 10.5. The van der Waals surface area contributed by atoms with Gasteiger partial charge in [0.2, 0.25) is 0 Å². The molecule has 0 unspecified atom stereocenters. The standard InChI is InChI=1S/C27H22FNO2/c1-18(21-3-2-4-24(17-21)29-23-11-9-22(28)10-12-23)27(19-5-13-25(30)14-6-19)20-7-15-26(31)16-8-20/h2-17,29-31H,1H3. The van der Waals surface area contributed by atoms with Crippen LogP contribution in [0.2, 0.25) is 0 Å². The van der Waals surface area contributed by atoms with Crippen molar-refractivity contribution in [3.63, 3.8) is 0 Å². The number of benzene rings is 4. The number of aromatic hydroxyl groups is 2. The van der Waals surface area contributed by atoms with Crippen molar-refractivity contribution in [3.8, 4) is 11.5 Å². The zero-order valence-electron chi connectivity index (χ0n) is 17.0. The molecule has 0 saturated carbocycles. The van der Waals surface area contributed by atoms with Crippen molar-refractivity contribution in [1.29, 1.82) is 0 Å². The highest BCUT2D eigenvalue weighted by molar-refractivity contribution is 5.98. The fourth-order valence-corrected chi connectivity index (χ4v) is 3.53. The molecule has 0 bridgehead atoms. The molecule has 0 fully saturated rings. The lowest BCUT2D eigenvalue weighted by Gasteiger charge is -2.16. The van der Waals surface area contributed by atoms with Crippen molar-refractivity contribution in [2.75, 3.05) is 5.32 Å². The summed E-state index contributed by atoms with van der Waals surface area (Å²) in [5, 5.41) is 22.7. The van der Waals surface area contributed by atoms with E-state index in [9.17, 15) is 14.6 Å². The van der Waals surface area contributed by atoms with Crippen molar-refractivity contribution in [2.24, 2.45) is 0 Å². The topological polar surface area (TPSA) is 52.5 Å². The van der Waals surface area contributed by atoms with Crippen LogP contribution in [-0.2, 0) is 0 Å². The molecule has 0 aliphatic heterocycles. The molecular formula is C27H22FNO2. The Balaban J connectivity index is 1.78. The van der Waals surface area contributed by atoms with Gasteiger partial charge in [0.25, 0.3) is 0 Å². The first-order valence-electron chi connectivity index (χ1n) is 9.92. The molecule has 0 saturated heterocycles. The van der Waals surface area contributed by atoms with Gasteiger partial charge in [0, 0.05) is 11.4 Å². The smallest absolute Gasteiger partial charge is 0.123 e. The zero-order chi connectivity index (χ0) is 21.8. The molecule has 4 aromatic rings. The van der Waals surface area contributed by atoms with Gasteiger partial charge in [0.1, 0.15) is 17.3 Å². The third kappa shape index (κ3) is 4.75. The fraction of sp³-hybridized carbons (Fsp3) is 0.0370. The van der Waals surface area contributed by atoms with Crippen molar-refractivity contribution in [1.82, 2.24) is 0 Å². The summed E-state index contributed by atoms with van der Waals surface area (Å²) in [5.74, 6) is 0.138. The summed E-state index contributed by atoms with van der Waals surface area (Å²) in [6, 6.07) is 28.4. The highest BCUT2D eigenvalue weighted by atomic mass is 19.1. The molecule has 0 heterocycles. The van der Waals surface area contributed by atoms with Crippen molar-refractivity contribution < 1.29 is 14.6 Å². The van der Waals surface area contributed by atoms with E-state index in [0.717, 1.165) is 39.2 Å².